The summed E-state index contributed by atoms with van der Waals surface area (Å²) < 4.78 is 43.3. The zero-order valence-corrected chi connectivity index (χ0v) is 13.0. The number of ether oxygens (including phenoxy) is 1. The first-order valence-corrected chi connectivity index (χ1v) is 7.56. The Hall–Kier alpha value is -2.61. The van der Waals surface area contributed by atoms with E-state index in [1.807, 2.05) is 0 Å². The zero-order chi connectivity index (χ0) is 18.0. The highest BCUT2D eigenvalue weighted by atomic mass is 19.4. The van der Waals surface area contributed by atoms with Crippen LogP contribution < -0.4 is 4.74 Å². The van der Waals surface area contributed by atoms with Crippen LogP contribution in [-0.2, 0) is 11.0 Å². The lowest BCUT2D eigenvalue weighted by molar-refractivity contribution is -0.149. The van der Waals surface area contributed by atoms with Crippen LogP contribution in [0.3, 0.4) is 0 Å². The van der Waals surface area contributed by atoms with Crippen molar-refractivity contribution in [3.8, 4) is 5.88 Å². The quantitative estimate of drug-likeness (QED) is 0.918. The molecule has 1 atom stereocenters. The number of hydrogen-bond acceptors (Lipinski definition) is 4. The molecule has 25 heavy (non-hydrogen) atoms. The van der Waals surface area contributed by atoms with Crippen molar-refractivity contribution in [1.29, 1.82) is 0 Å². The Morgan fingerprint density at radius 1 is 1.24 bits per heavy atom. The fourth-order valence-corrected chi connectivity index (χ4v) is 2.46. The van der Waals surface area contributed by atoms with E-state index in [0.717, 1.165) is 18.3 Å². The number of rotatable bonds is 4. The Morgan fingerprint density at radius 2 is 1.92 bits per heavy atom. The Kier molecular flexibility index (Phi) is 4.63. The van der Waals surface area contributed by atoms with Gasteiger partial charge in [-0.2, -0.15) is 13.2 Å². The van der Waals surface area contributed by atoms with Gasteiger partial charge in [0.1, 0.15) is 6.10 Å². The number of halogens is 3. The van der Waals surface area contributed by atoms with Gasteiger partial charge in [0, 0.05) is 12.3 Å². The smallest absolute Gasteiger partial charge is 0.416 e. The van der Waals surface area contributed by atoms with E-state index in [1.165, 1.54) is 4.90 Å². The minimum absolute atomic E-state index is 0.143. The molecule has 1 N–H and O–H groups in total. The summed E-state index contributed by atoms with van der Waals surface area (Å²) in [5, 5.41) is 10.1. The van der Waals surface area contributed by atoms with Crippen LogP contribution in [0.25, 0.3) is 0 Å². The molecule has 0 saturated carbocycles. The molecule has 1 aromatic heterocycles. The number of carbonyl (C=O) groups is 1. The molecule has 1 aliphatic heterocycles. The van der Waals surface area contributed by atoms with Gasteiger partial charge in [0.25, 0.3) is 5.91 Å². The predicted molar refractivity (Wildman–Crippen MR) is 81.6 cm³/mol. The van der Waals surface area contributed by atoms with E-state index in [0.29, 0.717) is 5.56 Å². The van der Waals surface area contributed by atoms with Crippen molar-refractivity contribution < 1.29 is 27.8 Å². The van der Waals surface area contributed by atoms with Gasteiger partial charge in [-0.15, -0.1) is 0 Å². The molecule has 1 unspecified atom stereocenters. The second-order valence-electron chi connectivity index (χ2n) is 5.68. The normalized spacial score (nSPS) is 16.2. The largest absolute Gasteiger partial charge is 0.471 e. The van der Waals surface area contributed by atoms with Gasteiger partial charge in [0.2, 0.25) is 5.88 Å². The number of likely N-dealkylation sites (tertiary alicyclic amines) is 1. The number of alkyl halides is 3. The minimum Gasteiger partial charge on any atom is -0.471 e. The molecule has 1 fully saturated rings. The highest BCUT2D eigenvalue weighted by molar-refractivity contribution is 5.82. The summed E-state index contributed by atoms with van der Waals surface area (Å²) in [7, 11) is 0. The van der Waals surface area contributed by atoms with E-state index < -0.39 is 29.9 Å². The van der Waals surface area contributed by atoms with Gasteiger partial charge in [-0.3, -0.25) is 4.79 Å². The predicted octanol–water partition coefficient (Wildman–Crippen LogP) is 2.42. The first-order valence-electron chi connectivity index (χ1n) is 7.56. The number of amides is 1. The third-order valence-corrected chi connectivity index (χ3v) is 3.86. The van der Waals surface area contributed by atoms with Gasteiger partial charge >= 0.3 is 6.18 Å². The Balaban J connectivity index is 1.55. The van der Waals surface area contributed by atoms with Crippen molar-refractivity contribution >= 4 is 5.91 Å². The van der Waals surface area contributed by atoms with Crippen molar-refractivity contribution in [2.45, 2.75) is 18.4 Å². The number of hydrogen-bond donors (Lipinski definition) is 1. The van der Waals surface area contributed by atoms with Crippen LogP contribution in [0, 0.1) is 0 Å². The molecule has 1 amide bonds. The molecule has 132 valence electrons. The maximum Gasteiger partial charge on any atom is 0.416 e. The van der Waals surface area contributed by atoms with E-state index in [2.05, 4.69) is 4.98 Å². The first kappa shape index (κ1) is 17.2. The summed E-state index contributed by atoms with van der Waals surface area (Å²) >= 11 is 0. The van der Waals surface area contributed by atoms with Crippen LogP contribution in [0.4, 0.5) is 13.2 Å². The lowest BCUT2D eigenvalue weighted by atomic mass is 10.1. The fourth-order valence-electron chi connectivity index (χ4n) is 2.46. The van der Waals surface area contributed by atoms with Crippen molar-refractivity contribution in [2.75, 3.05) is 13.1 Å². The van der Waals surface area contributed by atoms with E-state index in [9.17, 15) is 23.1 Å². The van der Waals surface area contributed by atoms with Gasteiger partial charge in [-0.05, 0) is 11.6 Å². The van der Waals surface area contributed by atoms with Crippen molar-refractivity contribution in [3.05, 3.63) is 59.8 Å². The monoisotopic (exact) mass is 352 g/mol. The number of nitrogens with zero attached hydrogens (tertiary/aromatic N) is 2. The van der Waals surface area contributed by atoms with Crippen molar-refractivity contribution in [2.24, 2.45) is 0 Å². The van der Waals surface area contributed by atoms with Crippen molar-refractivity contribution in [1.82, 2.24) is 9.88 Å². The number of aliphatic hydroxyl groups is 1. The highest BCUT2D eigenvalue weighted by Crippen LogP contribution is 2.31. The molecule has 0 radical (unpaired) electrons. The molecule has 1 saturated heterocycles. The lowest BCUT2D eigenvalue weighted by Crippen LogP contribution is -2.57. The molecular weight excluding hydrogens is 337 g/mol. The molecule has 2 aromatic rings. The maximum atomic E-state index is 12.7. The molecule has 0 aliphatic carbocycles. The average molecular weight is 352 g/mol. The number of pyridine rings is 1. The maximum absolute atomic E-state index is 12.7. The van der Waals surface area contributed by atoms with Crippen LogP contribution in [0.1, 0.15) is 17.2 Å². The summed E-state index contributed by atoms with van der Waals surface area (Å²) in [6, 6.07) is 10.2. The number of benzene rings is 1. The van der Waals surface area contributed by atoms with Crippen LogP contribution in [0.2, 0.25) is 0 Å². The SMILES string of the molecule is O=C(C(O)c1ccccc1)N1CC(Oc2cc(C(F)(F)F)ccn2)C1. The number of aromatic nitrogens is 1. The Labute approximate surface area is 141 Å². The fraction of sp³-hybridized carbons (Fsp3) is 0.294. The summed E-state index contributed by atoms with van der Waals surface area (Å²) in [4.78, 5) is 17.3. The van der Waals surface area contributed by atoms with Crippen LogP contribution in [0.15, 0.2) is 48.7 Å². The molecule has 1 aliphatic rings. The summed E-state index contributed by atoms with van der Waals surface area (Å²) in [6.45, 7) is 0.362. The molecule has 8 heteroatoms. The molecule has 1 aromatic carbocycles. The second-order valence-corrected chi connectivity index (χ2v) is 5.68. The Morgan fingerprint density at radius 3 is 2.56 bits per heavy atom. The second kappa shape index (κ2) is 6.72. The first-order chi connectivity index (χ1) is 11.8. The van der Waals surface area contributed by atoms with Crippen molar-refractivity contribution in [3.63, 3.8) is 0 Å². The molecular formula is C17H15F3N2O3. The average Bonchev–Trinajstić information content (AvgIpc) is 2.57. The van der Waals surface area contributed by atoms with E-state index in [4.69, 9.17) is 4.74 Å². The lowest BCUT2D eigenvalue weighted by Gasteiger charge is -2.39. The molecule has 2 heterocycles. The van der Waals surface area contributed by atoms with E-state index >= 15 is 0 Å². The van der Waals surface area contributed by atoms with Gasteiger partial charge in [0.05, 0.1) is 18.7 Å². The number of aliphatic hydroxyl groups excluding tert-OH is 1. The minimum atomic E-state index is -4.47. The summed E-state index contributed by atoms with van der Waals surface area (Å²) in [5.41, 5.74) is -0.360. The summed E-state index contributed by atoms with van der Waals surface area (Å²) in [5.74, 6) is -0.612. The molecule has 5 nitrogen and oxygen atoms in total. The van der Waals surface area contributed by atoms with Crippen LogP contribution >= 0.6 is 0 Å². The third kappa shape index (κ3) is 3.90. The van der Waals surface area contributed by atoms with Gasteiger partial charge in [-0.25, -0.2) is 4.98 Å². The highest BCUT2D eigenvalue weighted by Gasteiger charge is 2.36. The third-order valence-electron chi connectivity index (χ3n) is 3.86. The van der Waals surface area contributed by atoms with Crippen LogP contribution in [-0.4, -0.2) is 40.1 Å². The van der Waals surface area contributed by atoms with Crippen LogP contribution in [0.5, 0.6) is 5.88 Å². The standard InChI is InChI=1S/C17H15F3N2O3/c18-17(19,20)12-6-7-21-14(8-12)25-13-9-22(10-13)16(24)15(23)11-4-2-1-3-5-11/h1-8,13,15,23H,9-10H2. The molecule has 0 spiro atoms. The zero-order valence-electron chi connectivity index (χ0n) is 13.0. The summed E-state index contributed by atoms with van der Waals surface area (Å²) in [6.07, 6.45) is -5.17. The Bertz CT molecular complexity index is 746. The molecule has 0 bridgehead atoms. The van der Waals surface area contributed by atoms with Gasteiger partial charge in [-0.1, -0.05) is 30.3 Å². The number of carbonyl (C=O) groups excluding carboxylic acids is 1. The molecule has 3 rings (SSSR count). The van der Waals surface area contributed by atoms with E-state index in [1.54, 1.807) is 30.3 Å². The van der Waals surface area contributed by atoms with Gasteiger partial charge in [0.15, 0.2) is 6.10 Å². The van der Waals surface area contributed by atoms with E-state index in [-0.39, 0.29) is 19.0 Å². The van der Waals surface area contributed by atoms with Gasteiger partial charge < -0.3 is 14.7 Å². The topological polar surface area (TPSA) is 62.7 Å².